The molecule has 86 valence electrons. The second-order valence-corrected chi connectivity index (χ2v) is 5.59. The van der Waals surface area contributed by atoms with Gasteiger partial charge in [-0.15, -0.1) is 11.3 Å². The summed E-state index contributed by atoms with van der Waals surface area (Å²) in [6.07, 6.45) is 2.05. The Morgan fingerprint density at radius 1 is 1.24 bits per heavy atom. The Bertz CT molecular complexity index is 697. The third kappa shape index (κ3) is 1.66. The molecule has 0 N–H and O–H groups in total. The van der Waals surface area contributed by atoms with E-state index in [1.165, 1.54) is 10.6 Å². The summed E-state index contributed by atoms with van der Waals surface area (Å²) in [5.41, 5.74) is 3.17. The second kappa shape index (κ2) is 3.86. The highest BCUT2D eigenvalue weighted by Gasteiger charge is 2.11. The van der Waals surface area contributed by atoms with Crippen molar-refractivity contribution in [3.8, 4) is 11.3 Å². The molecule has 3 rings (SSSR count). The first-order valence-corrected chi connectivity index (χ1v) is 6.56. The average Bonchev–Trinajstić information content (AvgIpc) is 2.81. The quantitative estimate of drug-likeness (QED) is 0.638. The molecule has 0 saturated carbocycles. The van der Waals surface area contributed by atoms with Crippen LogP contribution in [0.1, 0.15) is 10.6 Å². The molecular formula is C13H11ClN2S. The van der Waals surface area contributed by atoms with E-state index in [2.05, 4.69) is 29.4 Å². The minimum absolute atomic E-state index is 0.743. The van der Waals surface area contributed by atoms with Crippen LogP contribution in [0.5, 0.6) is 0 Å². The van der Waals surface area contributed by atoms with Crippen LogP contribution in [0, 0.1) is 13.8 Å². The summed E-state index contributed by atoms with van der Waals surface area (Å²) in [5.74, 6) is 0. The number of halogens is 1. The maximum Gasteiger partial charge on any atom is 0.194 e. The molecule has 0 saturated heterocycles. The summed E-state index contributed by atoms with van der Waals surface area (Å²) >= 11 is 7.89. The second-order valence-electron chi connectivity index (χ2n) is 4.00. The lowest BCUT2D eigenvalue weighted by atomic mass is 10.2. The lowest BCUT2D eigenvalue weighted by Crippen LogP contribution is -1.82. The molecule has 0 aliphatic heterocycles. The number of benzene rings is 1. The Hall–Kier alpha value is -1.32. The van der Waals surface area contributed by atoms with Crippen LogP contribution in [0.2, 0.25) is 5.02 Å². The van der Waals surface area contributed by atoms with Crippen LogP contribution in [0.3, 0.4) is 0 Å². The van der Waals surface area contributed by atoms with Gasteiger partial charge >= 0.3 is 0 Å². The van der Waals surface area contributed by atoms with Crippen LogP contribution >= 0.6 is 22.9 Å². The first-order valence-electron chi connectivity index (χ1n) is 5.37. The molecule has 3 aromatic rings. The lowest BCUT2D eigenvalue weighted by Gasteiger charge is -1.98. The Morgan fingerprint density at radius 2 is 2.00 bits per heavy atom. The predicted molar refractivity (Wildman–Crippen MR) is 73.0 cm³/mol. The number of imidazole rings is 1. The van der Waals surface area contributed by atoms with E-state index in [9.17, 15) is 0 Å². The van der Waals surface area contributed by atoms with Crippen LogP contribution in [0.15, 0.2) is 30.5 Å². The number of rotatable bonds is 1. The SMILES string of the molecule is Cc1sc2nc(-c3ccccc3Cl)cn2c1C. The maximum atomic E-state index is 6.18. The van der Waals surface area contributed by atoms with E-state index in [-0.39, 0.29) is 0 Å². The first-order chi connectivity index (χ1) is 8.16. The molecule has 2 aromatic heterocycles. The van der Waals surface area contributed by atoms with Crippen molar-refractivity contribution in [2.24, 2.45) is 0 Å². The molecule has 0 fully saturated rings. The standard InChI is InChI=1S/C13H11ClN2S/c1-8-9(2)17-13-15-12(7-16(8)13)10-5-3-4-6-11(10)14/h3-7H,1-2H3. The van der Waals surface area contributed by atoms with Crippen LogP contribution in [0.25, 0.3) is 16.2 Å². The zero-order chi connectivity index (χ0) is 12.0. The predicted octanol–water partition coefficient (Wildman–Crippen LogP) is 4.33. The molecule has 0 aliphatic rings. The van der Waals surface area contributed by atoms with Gasteiger partial charge in [-0.3, -0.25) is 4.40 Å². The largest absolute Gasteiger partial charge is 0.294 e. The van der Waals surface area contributed by atoms with Gasteiger partial charge in [0.1, 0.15) is 0 Å². The summed E-state index contributed by atoms with van der Waals surface area (Å²) < 4.78 is 2.12. The van der Waals surface area contributed by atoms with Gasteiger partial charge in [0.15, 0.2) is 4.96 Å². The molecule has 17 heavy (non-hydrogen) atoms. The van der Waals surface area contributed by atoms with E-state index in [1.807, 2.05) is 24.3 Å². The van der Waals surface area contributed by atoms with E-state index in [0.717, 1.165) is 21.2 Å². The number of nitrogens with zero attached hydrogens (tertiary/aromatic N) is 2. The zero-order valence-electron chi connectivity index (χ0n) is 9.57. The summed E-state index contributed by atoms with van der Waals surface area (Å²) in [5, 5.41) is 0.743. The van der Waals surface area contributed by atoms with Crippen molar-refractivity contribution in [2.75, 3.05) is 0 Å². The highest BCUT2D eigenvalue weighted by Crippen LogP contribution is 2.30. The van der Waals surface area contributed by atoms with Gasteiger partial charge in [0, 0.05) is 22.3 Å². The smallest absolute Gasteiger partial charge is 0.194 e. The highest BCUT2D eigenvalue weighted by atomic mass is 35.5. The molecule has 0 unspecified atom stereocenters. The summed E-state index contributed by atoms with van der Waals surface area (Å²) in [6.45, 7) is 4.22. The Labute approximate surface area is 108 Å². The summed E-state index contributed by atoms with van der Waals surface area (Å²) in [6, 6.07) is 7.80. The van der Waals surface area contributed by atoms with E-state index >= 15 is 0 Å². The van der Waals surface area contributed by atoms with Gasteiger partial charge in [-0.2, -0.15) is 0 Å². The normalized spacial score (nSPS) is 11.2. The van der Waals surface area contributed by atoms with Crippen molar-refractivity contribution in [3.05, 3.63) is 46.1 Å². The molecule has 1 aromatic carbocycles. The molecule has 0 bridgehead atoms. The van der Waals surface area contributed by atoms with E-state index in [0.29, 0.717) is 0 Å². The summed E-state index contributed by atoms with van der Waals surface area (Å²) in [4.78, 5) is 6.95. The molecule has 0 atom stereocenters. The third-order valence-electron chi connectivity index (χ3n) is 2.94. The molecule has 0 aliphatic carbocycles. The lowest BCUT2D eigenvalue weighted by molar-refractivity contribution is 1.11. The zero-order valence-corrected chi connectivity index (χ0v) is 11.1. The Morgan fingerprint density at radius 3 is 2.71 bits per heavy atom. The van der Waals surface area contributed by atoms with Gasteiger partial charge in [0.2, 0.25) is 0 Å². The summed E-state index contributed by atoms with van der Waals surface area (Å²) in [7, 11) is 0. The Balaban J connectivity index is 2.23. The number of hydrogen-bond donors (Lipinski definition) is 0. The van der Waals surface area contributed by atoms with E-state index < -0.39 is 0 Å². The Kier molecular flexibility index (Phi) is 2.45. The fourth-order valence-corrected chi connectivity index (χ4v) is 3.04. The number of fused-ring (bicyclic) bond motifs is 1. The van der Waals surface area contributed by atoms with E-state index in [1.54, 1.807) is 11.3 Å². The van der Waals surface area contributed by atoms with Crippen molar-refractivity contribution < 1.29 is 0 Å². The molecule has 0 amide bonds. The maximum absolute atomic E-state index is 6.18. The van der Waals surface area contributed by atoms with Crippen LogP contribution in [0.4, 0.5) is 0 Å². The monoisotopic (exact) mass is 262 g/mol. The van der Waals surface area contributed by atoms with Crippen LogP contribution in [-0.4, -0.2) is 9.38 Å². The molecule has 0 spiro atoms. The van der Waals surface area contributed by atoms with E-state index in [4.69, 9.17) is 11.6 Å². The molecule has 4 heteroatoms. The average molecular weight is 263 g/mol. The third-order valence-corrected chi connectivity index (χ3v) is 4.34. The van der Waals surface area contributed by atoms with Crippen molar-refractivity contribution in [1.82, 2.24) is 9.38 Å². The van der Waals surface area contributed by atoms with Gasteiger partial charge in [0.25, 0.3) is 0 Å². The van der Waals surface area contributed by atoms with Gasteiger partial charge in [-0.05, 0) is 19.9 Å². The minimum atomic E-state index is 0.743. The van der Waals surface area contributed by atoms with Gasteiger partial charge in [-0.1, -0.05) is 29.8 Å². The van der Waals surface area contributed by atoms with Crippen LogP contribution in [-0.2, 0) is 0 Å². The van der Waals surface area contributed by atoms with Gasteiger partial charge in [-0.25, -0.2) is 4.98 Å². The fraction of sp³-hybridized carbons (Fsp3) is 0.154. The van der Waals surface area contributed by atoms with Crippen molar-refractivity contribution >= 4 is 27.9 Å². The first kappa shape index (κ1) is 10.8. The topological polar surface area (TPSA) is 17.3 Å². The highest BCUT2D eigenvalue weighted by molar-refractivity contribution is 7.17. The molecule has 2 heterocycles. The molecule has 0 radical (unpaired) electrons. The van der Waals surface area contributed by atoms with Gasteiger partial charge < -0.3 is 0 Å². The van der Waals surface area contributed by atoms with Crippen LogP contribution < -0.4 is 0 Å². The number of aromatic nitrogens is 2. The van der Waals surface area contributed by atoms with Crippen molar-refractivity contribution in [3.63, 3.8) is 0 Å². The molecule has 2 nitrogen and oxygen atoms in total. The number of hydrogen-bond acceptors (Lipinski definition) is 2. The van der Waals surface area contributed by atoms with Gasteiger partial charge in [0.05, 0.1) is 10.7 Å². The minimum Gasteiger partial charge on any atom is -0.294 e. The fourth-order valence-electron chi connectivity index (χ4n) is 1.85. The number of thiazole rings is 1. The van der Waals surface area contributed by atoms with Crippen molar-refractivity contribution in [2.45, 2.75) is 13.8 Å². The van der Waals surface area contributed by atoms with Crippen molar-refractivity contribution in [1.29, 1.82) is 0 Å². The molecular weight excluding hydrogens is 252 g/mol. The number of aryl methyl sites for hydroxylation is 2.